The molecule has 8 nitrogen and oxygen atoms in total. The van der Waals surface area contributed by atoms with Crippen LogP contribution >= 0.6 is 13.0 Å². The SMILES string of the molecule is CC(C)c1cccc(C(C)C)c1N1C=CN(c2c(C(C)C)cccc2C(C)C)[CH-]1.CC(C)c1cccc(C(C)C)c1N1C=CN(c2c(C(C)C)cccc2C(C)C)[CH-]1.F[C-](F)F.O=C(OCCCC[C-](F)F)c1ccc2ccccc2c1.[Au].[Br][Au].[CH2-]CCCOC(=O)c1ccc2ccccc2c1.[CH3-].[CH3-]. The third kappa shape index (κ3) is 27.4. The summed E-state index contributed by atoms with van der Waals surface area (Å²) in [4.78, 5) is 32.8. The van der Waals surface area contributed by atoms with Crippen LogP contribution in [0.4, 0.5) is 44.7 Å². The van der Waals surface area contributed by atoms with Gasteiger partial charge in [-0.3, -0.25) is 0 Å². The Bertz CT molecular complexity index is 3530. The maximum atomic E-state index is 11.8. The Kier molecular flexibility index (Phi) is 42.5. The first kappa shape index (κ1) is 93.6. The molecule has 2 heterocycles. The van der Waals surface area contributed by atoms with Crippen molar-refractivity contribution in [2.75, 3.05) is 32.8 Å². The van der Waals surface area contributed by atoms with Crippen molar-refractivity contribution < 1.29 is 82.3 Å². The summed E-state index contributed by atoms with van der Waals surface area (Å²) in [5, 5.41) is 4.20. The van der Waals surface area contributed by atoms with E-state index in [9.17, 15) is 31.5 Å². The first-order valence-electron chi connectivity index (χ1n) is 35.1. The van der Waals surface area contributed by atoms with Crippen molar-refractivity contribution >= 4 is 69.3 Å². The number of hydrogen-bond acceptors (Lipinski definition) is 8. The molecule has 0 atom stereocenters. The first-order chi connectivity index (χ1) is 48.1. The summed E-state index contributed by atoms with van der Waals surface area (Å²) in [6.07, 6.45) is 9.42. The fourth-order valence-electron chi connectivity index (χ4n) is 12.1. The van der Waals surface area contributed by atoms with Gasteiger partial charge >= 0.3 is 43.9 Å². The molecule has 0 unspecified atom stereocenters. The number of rotatable bonds is 22. The summed E-state index contributed by atoms with van der Waals surface area (Å²) in [5.74, 6) is 3.17. The van der Waals surface area contributed by atoms with Crippen molar-refractivity contribution in [2.24, 2.45) is 0 Å². The molecule has 104 heavy (non-hydrogen) atoms. The predicted molar refractivity (Wildman–Crippen MR) is 426 cm³/mol. The minimum Gasteiger partial charge on any atom is -0.462 e. The maximum absolute atomic E-state index is 11.8. The maximum Gasteiger partial charge on any atom is 0.338 e. The van der Waals surface area contributed by atoms with Crippen LogP contribution in [0.5, 0.6) is 0 Å². The molecule has 0 aromatic heterocycles. The van der Waals surface area contributed by atoms with Gasteiger partial charge in [-0.05, 0) is 175 Å². The van der Waals surface area contributed by atoms with Crippen LogP contribution in [0.25, 0.3) is 21.5 Å². The van der Waals surface area contributed by atoms with Gasteiger partial charge in [0.15, 0.2) is 6.68 Å². The number of carbonyl (C=O) groups is 2. The number of para-hydroxylation sites is 4. The smallest absolute Gasteiger partial charge is 0.338 e. The molecular formula is C88H110Au2BrF5N4O4-7. The second-order valence-electron chi connectivity index (χ2n) is 27.4. The Morgan fingerprint density at radius 3 is 0.865 bits per heavy atom. The number of esters is 2. The third-order valence-electron chi connectivity index (χ3n) is 17.3. The topological polar surface area (TPSA) is 65.6 Å². The van der Waals surface area contributed by atoms with Crippen LogP contribution in [0.1, 0.15) is 255 Å². The number of carbonyl (C=O) groups excluding carboxylic acids is 2. The van der Waals surface area contributed by atoms with Crippen LogP contribution in [-0.4, -0.2) is 25.2 Å². The van der Waals surface area contributed by atoms with Crippen LogP contribution < -0.4 is 19.6 Å². The van der Waals surface area contributed by atoms with Gasteiger partial charge in [0.25, 0.3) is 0 Å². The summed E-state index contributed by atoms with van der Waals surface area (Å²) in [7, 11) is 0. The molecule has 0 amide bonds. The van der Waals surface area contributed by atoms with Crippen molar-refractivity contribution in [3.63, 3.8) is 0 Å². The Balaban J connectivity index is 0.000000463. The Morgan fingerprint density at radius 1 is 0.394 bits per heavy atom. The quantitative estimate of drug-likeness (QED) is 0.0219. The number of nitrogens with zero attached hydrogens (tertiary/aromatic N) is 4. The van der Waals surface area contributed by atoms with Gasteiger partial charge in [0.05, 0.1) is 24.3 Å². The zero-order chi connectivity index (χ0) is 74.6. The van der Waals surface area contributed by atoms with Gasteiger partial charge in [-0.25, -0.2) is 9.59 Å². The average Bonchev–Trinajstić information content (AvgIpc) is 1.61. The number of ether oxygens (including phenoxy) is 2. The minimum atomic E-state index is -3.08. The van der Waals surface area contributed by atoms with Crippen LogP contribution in [0.3, 0.4) is 0 Å². The Labute approximate surface area is 656 Å². The van der Waals surface area contributed by atoms with E-state index in [1.807, 2.05) is 66.7 Å². The number of fused-ring (bicyclic) bond motifs is 2. The van der Waals surface area contributed by atoms with Gasteiger partial charge < -0.3 is 72.8 Å². The van der Waals surface area contributed by atoms with Crippen LogP contribution in [-0.2, 0) is 50.8 Å². The van der Waals surface area contributed by atoms with Crippen LogP contribution in [0.15, 0.2) is 183 Å². The number of unbranched alkanes of at least 4 members (excludes halogenated alkanes) is 2. The van der Waals surface area contributed by atoms with Gasteiger partial charge in [0, 0.05) is 51.6 Å². The standard InChI is InChI=1S/2C27H37N2.C16H15F2O2.C15H15O2.CF3.2CH3.2Au.BrH/c2*1-18(2)22-11-9-12-23(19(3)4)26(22)28-15-16-29(17-28)27-24(20(5)6)13-10-14-25(27)21(7)8;17-15(18)7-3-4-10-20-16(19)14-9-8-12-5-1-2-6-13(12)11-14;1-2-3-10-17-15(16)14-9-8-12-6-4-5-7-13(12)11-14;2-1(3)4;;;;;/h2*9-21H,1-8H3;1-2,5-6,8-9,11H,3-4,7,10H2;4-9,11H,1-3,10H2;;2*1H3;;;1H/q7*-1;;+1;/p-1. The van der Waals surface area contributed by atoms with Crippen molar-refractivity contribution in [1.82, 2.24) is 0 Å². The molecule has 16 heteroatoms. The molecule has 0 aliphatic carbocycles. The van der Waals surface area contributed by atoms with Crippen molar-refractivity contribution in [3.05, 3.63) is 286 Å². The number of hydrogen-bond donors (Lipinski definition) is 0. The van der Waals surface area contributed by atoms with Gasteiger partial charge in [-0.1, -0.05) is 251 Å². The molecule has 0 bridgehead atoms. The number of halogens is 6. The second-order valence-corrected chi connectivity index (χ2v) is 27.4. The van der Waals surface area contributed by atoms with Gasteiger partial charge in [0.1, 0.15) is 0 Å². The van der Waals surface area contributed by atoms with E-state index in [2.05, 4.69) is 280 Å². The van der Waals surface area contributed by atoms with E-state index >= 15 is 0 Å². The molecule has 10 rings (SSSR count). The van der Waals surface area contributed by atoms with E-state index < -0.39 is 19.1 Å². The van der Waals surface area contributed by atoms with Crippen molar-refractivity contribution in [3.8, 4) is 0 Å². The third-order valence-corrected chi connectivity index (χ3v) is 17.3. The van der Waals surface area contributed by atoms with Crippen LogP contribution in [0.2, 0.25) is 0 Å². The monoisotopic (exact) mass is 1850 g/mol. The normalized spacial score (nSPS) is 12.2. The minimum absolute atomic E-state index is 0. The summed E-state index contributed by atoms with van der Waals surface area (Å²) in [6.45, 7) is 42.3. The Hall–Kier alpha value is -6.49. The summed E-state index contributed by atoms with van der Waals surface area (Å²) < 4.78 is 62.6. The molecule has 2 aliphatic rings. The number of benzene rings is 8. The molecule has 8 aromatic rings. The van der Waals surface area contributed by atoms with E-state index in [4.69, 9.17) is 9.47 Å². The number of anilines is 4. The molecule has 0 fully saturated rings. The Morgan fingerprint density at radius 2 is 0.635 bits per heavy atom. The largest absolute Gasteiger partial charge is 0.462 e. The second kappa shape index (κ2) is 47.2. The molecular weight excluding hydrogens is 1750 g/mol. The van der Waals surface area contributed by atoms with E-state index in [-0.39, 0.29) is 56.2 Å². The molecule has 0 N–H and O–H groups in total. The van der Waals surface area contributed by atoms with Crippen molar-refractivity contribution in [2.45, 2.75) is 190 Å². The first-order valence-corrected chi connectivity index (χ1v) is 39.8. The zero-order valence-electron chi connectivity index (χ0n) is 64.0. The molecule has 0 saturated heterocycles. The zero-order valence-corrected chi connectivity index (χ0v) is 70.0. The molecule has 577 valence electrons. The fourth-order valence-corrected chi connectivity index (χ4v) is 12.1. The molecule has 2 aliphatic heterocycles. The summed E-state index contributed by atoms with van der Waals surface area (Å²) in [6, 6.07) is 53.6. The van der Waals surface area contributed by atoms with Crippen molar-refractivity contribution in [1.29, 1.82) is 0 Å². The van der Waals surface area contributed by atoms with E-state index in [1.165, 1.54) is 67.3 Å². The van der Waals surface area contributed by atoms with E-state index in [1.54, 1.807) is 18.2 Å². The van der Waals surface area contributed by atoms with E-state index in [0.29, 0.717) is 77.9 Å². The summed E-state index contributed by atoms with van der Waals surface area (Å²) in [5.41, 5.74) is 17.7. The fraction of sp³-hybridized carbons (Fsp3) is 0.352. The molecule has 0 saturated carbocycles. The van der Waals surface area contributed by atoms with Gasteiger partial charge in [-0.15, -0.1) is 19.8 Å². The predicted octanol–water partition coefficient (Wildman–Crippen LogP) is 27.5. The van der Waals surface area contributed by atoms with Gasteiger partial charge in [0.2, 0.25) is 0 Å². The molecule has 1 radical (unpaired) electrons. The van der Waals surface area contributed by atoms with E-state index in [0.717, 1.165) is 34.4 Å². The van der Waals surface area contributed by atoms with Crippen LogP contribution in [0, 0.1) is 48.2 Å². The average molecular weight is 1860 g/mol. The molecule has 8 aromatic carbocycles. The molecule has 0 spiro atoms. The van der Waals surface area contributed by atoms with Gasteiger partial charge in [-0.2, -0.15) is 6.42 Å². The summed E-state index contributed by atoms with van der Waals surface area (Å²) >= 11 is 4.97.